The number of nitrogens with zero attached hydrogens (tertiary/aromatic N) is 5. The Morgan fingerprint density at radius 2 is 1.65 bits per heavy atom. The maximum absolute atomic E-state index is 12.3. The second kappa shape index (κ2) is 8.06. The highest BCUT2D eigenvalue weighted by atomic mass is 16.5. The third kappa shape index (κ3) is 3.27. The van der Waals surface area contributed by atoms with Crippen LogP contribution in [-0.4, -0.2) is 19.6 Å². The van der Waals surface area contributed by atoms with Gasteiger partial charge in [0.15, 0.2) is 11.8 Å². The van der Waals surface area contributed by atoms with Crippen LogP contribution in [0.2, 0.25) is 0 Å². The highest BCUT2D eigenvalue weighted by molar-refractivity contribution is 5.98. The fourth-order valence-electron chi connectivity index (χ4n) is 4.23. The lowest BCUT2D eigenvalue weighted by Crippen LogP contribution is -2.28. The molecule has 0 radical (unpaired) electrons. The Bertz CT molecular complexity index is 1640. The Labute approximate surface area is 195 Å². The Morgan fingerprint density at radius 1 is 0.853 bits per heavy atom. The molecule has 0 saturated heterocycles. The molecule has 2 aromatic carbocycles. The van der Waals surface area contributed by atoms with Crippen LogP contribution in [0.1, 0.15) is 5.56 Å². The number of benzene rings is 2. The topological polar surface area (TPSA) is 96.0 Å². The van der Waals surface area contributed by atoms with Crippen molar-refractivity contribution in [1.29, 1.82) is 0 Å². The molecule has 164 valence electrons. The SMILES string of the molecule is NCc1ccc(-c2nc3ccn4c(-c5cccc[n+]5[O-])nnc4c3cc2-c2ccccc2)cc1. The summed E-state index contributed by atoms with van der Waals surface area (Å²) in [5.41, 5.74) is 12.7. The number of pyridine rings is 3. The first-order valence-corrected chi connectivity index (χ1v) is 10.9. The number of nitrogens with two attached hydrogens (primary N) is 1. The van der Waals surface area contributed by atoms with Crippen molar-refractivity contribution in [3.8, 4) is 33.9 Å². The third-order valence-electron chi connectivity index (χ3n) is 5.97. The van der Waals surface area contributed by atoms with Crippen LogP contribution in [0.25, 0.3) is 50.5 Å². The van der Waals surface area contributed by atoms with Crippen LogP contribution in [0.5, 0.6) is 0 Å². The minimum atomic E-state index is 0.433. The molecule has 0 aliphatic rings. The van der Waals surface area contributed by atoms with Crippen molar-refractivity contribution in [1.82, 2.24) is 19.6 Å². The zero-order valence-electron chi connectivity index (χ0n) is 18.2. The predicted octanol–water partition coefficient (Wildman–Crippen LogP) is 4.37. The van der Waals surface area contributed by atoms with Crippen molar-refractivity contribution >= 4 is 16.6 Å². The van der Waals surface area contributed by atoms with Gasteiger partial charge in [0.2, 0.25) is 5.82 Å². The average Bonchev–Trinajstić information content (AvgIpc) is 3.33. The van der Waals surface area contributed by atoms with Gasteiger partial charge in [0, 0.05) is 41.4 Å². The van der Waals surface area contributed by atoms with Crippen LogP contribution in [0.15, 0.2) is 97.3 Å². The summed E-state index contributed by atoms with van der Waals surface area (Å²) in [6.07, 6.45) is 3.31. The van der Waals surface area contributed by atoms with Crippen LogP contribution in [0.3, 0.4) is 0 Å². The molecule has 7 nitrogen and oxygen atoms in total. The van der Waals surface area contributed by atoms with E-state index in [-0.39, 0.29) is 0 Å². The van der Waals surface area contributed by atoms with Gasteiger partial charge in [-0.15, -0.1) is 10.2 Å². The summed E-state index contributed by atoms with van der Waals surface area (Å²) in [6, 6.07) is 27.6. The van der Waals surface area contributed by atoms with Gasteiger partial charge < -0.3 is 10.9 Å². The van der Waals surface area contributed by atoms with E-state index in [0.717, 1.165) is 43.6 Å². The van der Waals surface area contributed by atoms with Gasteiger partial charge in [0.1, 0.15) is 0 Å². The van der Waals surface area contributed by atoms with Crippen LogP contribution in [0.4, 0.5) is 0 Å². The summed E-state index contributed by atoms with van der Waals surface area (Å²) in [4.78, 5) is 5.05. The second-order valence-electron chi connectivity index (χ2n) is 8.03. The van der Waals surface area contributed by atoms with Gasteiger partial charge in [-0.1, -0.05) is 54.6 Å². The Hall–Kier alpha value is -4.62. The molecule has 6 aromatic rings. The standard InChI is InChI=1S/C27H20N6O/c28-17-18-9-11-20(12-10-18)25-21(19-6-2-1-3-7-19)16-22-23(29-25)13-15-32-26(22)30-31-27(32)24-8-4-5-14-33(24)34/h1-16H,17,28H2. The van der Waals surface area contributed by atoms with Gasteiger partial charge in [0.05, 0.1) is 11.2 Å². The van der Waals surface area contributed by atoms with Crippen molar-refractivity contribution in [3.63, 3.8) is 0 Å². The van der Waals surface area contributed by atoms with Crippen LogP contribution >= 0.6 is 0 Å². The van der Waals surface area contributed by atoms with Gasteiger partial charge in [-0.3, -0.25) is 4.40 Å². The lowest BCUT2D eigenvalue weighted by molar-refractivity contribution is -0.594. The minimum Gasteiger partial charge on any atom is -0.618 e. The maximum Gasteiger partial charge on any atom is 0.262 e. The molecule has 4 heterocycles. The molecular weight excluding hydrogens is 424 g/mol. The van der Waals surface area contributed by atoms with Crippen molar-refractivity contribution in [2.45, 2.75) is 6.54 Å². The fraction of sp³-hybridized carbons (Fsp3) is 0.0370. The largest absolute Gasteiger partial charge is 0.618 e. The van der Waals surface area contributed by atoms with E-state index in [4.69, 9.17) is 10.7 Å². The summed E-state index contributed by atoms with van der Waals surface area (Å²) in [6.45, 7) is 0.495. The third-order valence-corrected chi connectivity index (χ3v) is 5.97. The van der Waals surface area contributed by atoms with E-state index in [2.05, 4.69) is 40.5 Å². The van der Waals surface area contributed by atoms with Gasteiger partial charge in [-0.05, 0) is 29.3 Å². The highest BCUT2D eigenvalue weighted by Crippen LogP contribution is 2.35. The van der Waals surface area contributed by atoms with Crippen LogP contribution in [0, 0.1) is 5.21 Å². The van der Waals surface area contributed by atoms with E-state index in [9.17, 15) is 5.21 Å². The molecule has 0 fully saturated rings. The number of aromatic nitrogens is 5. The first-order valence-electron chi connectivity index (χ1n) is 10.9. The first-order chi connectivity index (χ1) is 16.7. The average molecular weight is 444 g/mol. The maximum atomic E-state index is 12.3. The van der Waals surface area contributed by atoms with Crippen LogP contribution in [-0.2, 0) is 6.54 Å². The molecule has 0 aliphatic carbocycles. The van der Waals surface area contributed by atoms with E-state index >= 15 is 0 Å². The van der Waals surface area contributed by atoms with Crippen molar-refractivity contribution in [2.24, 2.45) is 5.73 Å². The van der Waals surface area contributed by atoms with Gasteiger partial charge >= 0.3 is 0 Å². The monoisotopic (exact) mass is 444 g/mol. The van der Waals surface area contributed by atoms with E-state index in [1.54, 1.807) is 12.1 Å². The molecule has 0 aliphatic heterocycles. The molecule has 0 bridgehead atoms. The molecule has 0 amide bonds. The van der Waals surface area contributed by atoms with Crippen molar-refractivity contribution in [3.05, 3.63) is 108 Å². The molecule has 0 unspecified atom stereocenters. The van der Waals surface area contributed by atoms with E-state index in [1.165, 1.54) is 6.20 Å². The van der Waals surface area contributed by atoms with Gasteiger partial charge in [0.25, 0.3) is 5.69 Å². The Morgan fingerprint density at radius 3 is 2.41 bits per heavy atom. The van der Waals surface area contributed by atoms with Crippen LogP contribution < -0.4 is 10.5 Å². The molecule has 34 heavy (non-hydrogen) atoms. The first kappa shape index (κ1) is 20.0. The lowest BCUT2D eigenvalue weighted by Gasteiger charge is -2.12. The molecule has 0 spiro atoms. The zero-order valence-corrected chi connectivity index (χ0v) is 18.2. The molecule has 7 heteroatoms. The number of fused-ring (bicyclic) bond motifs is 3. The molecule has 0 saturated carbocycles. The second-order valence-corrected chi connectivity index (χ2v) is 8.03. The Kier molecular flexibility index (Phi) is 4.75. The Balaban J connectivity index is 1.62. The molecule has 2 N–H and O–H groups in total. The predicted molar refractivity (Wildman–Crippen MR) is 131 cm³/mol. The van der Waals surface area contributed by atoms with Crippen molar-refractivity contribution < 1.29 is 4.73 Å². The summed E-state index contributed by atoms with van der Waals surface area (Å²) in [5.74, 6) is 0.482. The van der Waals surface area contributed by atoms with Gasteiger partial charge in [-0.2, -0.15) is 4.73 Å². The zero-order chi connectivity index (χ0) is 23.1. The van der Waals surface area contributed by atoms with Gasteiger partial charge in [-0.25, -0.2) is 4.98 Å². The normalized spacial score (nSPS) is 11.3. The van der Waals surface area contributed by atoms with Crippen molar-refractivity contribution in [2.75, 3.05) is 0 Å². The summed E-state index contributed by atoms with van der Waals surface area (Å²) in [7, 11) is 0. The van der Waals surface area contributed by atoms with E-state index in [0.29, 0.717) is 23.7 Å². The number of hydrogen-bond acceptors (Lipinski definition) is 5. The minimum absolute atomic E-state index is 0.433. The van der Waals surface area contributed by atoms with E-state index < -0.39 is 0 Å². The smallest absolute Gasteiger partial charge is 0.262 e. The quantitative estimate of drug-likeness (QED) is 0.322. The number of rotatable bonds is 4. The summed E-state index contributed by atoms with van der Waals surface area (Å²) >= 11 is 0. The molecule has 4 aromatic heterocycles. The molecule has 6 rings (SSSR count). The van der Waals surface area contributed by atoms with E-state index in [1.807, 2.05) is 53.1 Å². The summed E-state index contributed by atoms with van der Waals surface area (Å²) < 4.78 is 2.63. The number of hydrogen-bond donors (Lipinski definition) is 1. The lowest BCUT2D eigenvalue weighted by atomic mass is 9.97. The summed E-state index contributed by atoms with van der Waals surface area (Å²) in [5, 5.41) is 21.9. The fourth-order valence-corrected chi connectivity index (χ4v) is 4.23. The molecule has 0 atom stereocenters. The highest BCUT2D eigenvalue weighted by Gasteiger charge is 2.19. The molecular formula is C27H20N6O.